The van der Waals surface area contributed by atoms with Gasteiger partial charge in [-0.3, -0.25) is 4.79 Å². The molecule has 1 saturated heterocycles. The van der Waals surface area contributed by atoms with Crippen LogP contribution in [0.1, 0.15) is 13.8 Å². The highest BCUT2D eigenvalue weighted by atomic mass is 19.3. The van der Waals surface area contributed by atoms with Crippen LogP contribution in [0.3, 0.4) is 0 Å². The van der Waals surface area contributed by atoms with Crippen molar-refractivity contribution < 1.29 is 18.0 Å². The maximum atomic E-state index is 12.8. The summed E-state index contributed by atoms with van der Waals surface area (Å²) in [5, 5.41) is 0. The lowest BCUT2D eigenvalue weighted by Gasteiger charge is -2.42. The van der Waals surface area contributed by atoms with Crippen LogP contribution < -0.4 is 0 Å². The predicted octanol–water partition coefficient (Wildman–Crippen LogP) is 1.21. The SMILES string of the molecule is CC1(F)CN(C(=O)C(C)(F)F)C1. The molecule has 0 radical (unpaired) electrons. The Hall–Kier alpha value is -0.740. The van der Waals surface area contributed by atoms with Crippen molar-refractivity contribution in [3.63, 3.8) is 0 Å². The molecule has 0 spiro atoms. The summed E-state index contributed by atoms with van der Waals surface area (Å²) in [6.07, 6.45) is 0. The largest absolute Gasteiger partial charge is 0.331 e. The summed E-state index contributed by atoms with van der Waals surface area (Å²) in [5.41, 5.74) is -1.49. The lowest BCUT2D eigenvalue weighted by Crippen LogP contribution is -2.62. The number of hydrogen-bond donors (Lipinski definition) is 0. The Morgan fingerprint density at radius 2 is 1.92 bits per heavy atom. The van der Waals surface area contributed by atoms with Crippen LogP contribution in [0.15, 0.2) is 0 Å². The van der Waals surface area contributed by atoms with Crippen LogP contribution in [0.25, 0.3) is 0 Å². The molecule has 70 valence electrons. The predicted molar refractivity (Wildman–Crippen MR) is 36.7 cm³/mol. The zero-order valence-electron chi connectivity index (χ0n) is 6.90. The number of carbonyl (C=O) groups excluding carboxylic acids is 1. The van der Waals surface area contributed by atoms with E-state index in [1.54, 1.807) is 0 Å². The van der Waals surface area contributed by atoms with Gasteiger partial charge in [0.05, 0.1) is 13.1 Å². The van der Waals surface area contributed by atoms with E-state index < -0.39 is 17.5 Å². The summed E-state index contributed by atoms with van der Waals surface area (Å²) in [6.45, 7) is 1.35. The average Bonchev–Trinajstić information content (AvgIpc) is 1.78. The molecule has 0 aromatic carbocycles. The highest BCUT2D eigenvalue weighted by Crippen LogP contribution is 2.28. The molecule has 0 bridgehead atoms. The standard InChI is InChI=1S/C7H10F3NO/c1-6(8)3-11(4-6)5(12)7(2,9)10/h3-4H2,1-2H3. The number of halogens is 3. The number of rotatable bonds is 1. The molecule has 1 aliphatic heterocycles. The lowest BCUT2D eigenvalue weighted by atomic mass is 9.98. The van der Waals surface area contributed by atoms with Crippen LogP contribution in [-0.2, 0) is 4.79 Å². The minimum atomic E-state index is -3.38. The topological polar surface area (TPSA) is 20.3 Å². The quantitative estimate of drug-likeness (QED) is 0.595. The molecule has 0 aromatic rings. The molecule has 1 fully saturated rings. The molecule has 0 aromatic heterocycles. The van der Waals surface area contributed by atoms with Crippen molar-refractivity contribution in [2.75, 3.05) is 13.1 Å². The fourth-order valence-corrected chi connectivity index (χ4v) is 1.17. The zero-order valence-corrected chi connectivity index (χ0v) is 6.90. The van der Waals surface area contributed by atoms with Crippen molar-refractivity contribution in [3.05, 3.63) is 0 Å². The van der Waals surface area contributed by atoms with E-state index in [0.717, 1.165) is 4.90 Å². The van der Waals surface area contributed by atoms with Gasteiger partial charge in [0.15, 0.2) is 0 Å². The molecule has 1 heterocycles. The normalized spacial score (nSPS) is 21.9. The number of alkyl halides is 3. The lowest BCUT2D eigenvalue weighted by molar-refractivity contribution is -0.167. The van der Waals surface area contributed by atoms with Crippen LogP contribution in [0.2, 0.25) is 0 Å². The van der Waals surface area contributed by atoms with Gasteiger partial charge in [0.1, 0.15) is 5.67 Å². The Morgan fingerprint density at radius 1 is 1.50 bits per heavy atom. The zero-order chi connectivity index (χ0) is 9.57. The summed E-state index contributed by atoms with van der Waals surface area (Å²) in [6, 6.07) is 0. The Bertz CT molecular complexity index is 201. The number of nitrogens with zero attached hydrogens (tertiary/aromatic N) is 1. The molecule has 0 unspecified atom stereocenters. The molecule has 1 amide bonds. The first-order valence-electron chi connectivity index (χ1n) is 3.58. The molecule has 0 aliphatic carbocycles. The summed E-state index contributed by atoms with van der Waals surface area (Å²) in [5.74, 6) is -4.67. The van der Waals surface area contributed by atoms with Crippen molar-refractivity contribution in [3.8, 4) is 0 Å². The minimum Gasteiger partial charge on any atom is -0.331 e. The van der Waals surface area contributed by atoms with Crippen LogP contribution in [0.5, 0.6) is 0 Å². The van der Waals surface area contributed by atoms with Crippen molar-refractivity contribution in [1.82, 2.24) is 4.90 Å². The van der Waals surface area contributed by atoms with Crippen molar-refractivity contribution >= 4 is 5.91 Å². The van der Waals surface area contributed by atoms with Crippen LogP contribution >= 0.6 is 0 Å². The Labute approximate surface area is 68.3 Å². The Morgan fingerprint density at radius 3 is 2.17 bits per heavy atom. The van der Waals surface area contributed by atoms with Gasteiger partial charge in [0, 0.05) is 6.92 Å². The van der Waals surface area contributed by atoms with E-state index in [1.165, 1.54) is 6.92 Å². The van der Waals surface area contributed by atoms with Crippen molar-refractivity contribution in [1.29, 1.82) is 0 Å². The smallest absolute Gasteiger partial charge is 0.322 e. The summed E-state index contributed by atoms with van der Waals surface area (Å²) >= 11 is 0. The van der Waals surface area contributed by atoms with Crippen molar-refractivity contribution in [2.24, 2.45) is 0 Å². The third kappa shape index (κ3) is 1.70. The molecule has 1 aliphatic rings. The first-order valence-corrected chi connectivity index (χ1v) is 3.58. The fraction of sp³-hybridized carbons (Fsp3) is 0.857. The van der Waals surface area contributed by atoms with Crippen molar-refractivity contribution in [2.45, 2.75) is 25.4 Å². The second-order valence-electron chi connectivity index (χ2n) is 3.46. The second kappa shape index (κ2) is 2.37. The molecule has 0 N–H and O–H groups in total. The van der Waals surface area contributed by atoms with Gasteiger partial charge in [-0.15, -0.1) is 0 Å². The molecule has 1 rings (SSSR count). The second-order valence-corrected chi connectivity index (χ2v) is 3.46. The van der Waals surface area contributed by atoms with Crippen LogP contribution in [-0.4, -0.2) is 35.5 Å². The van der Waals surface area contributed by atoms with Gasteiger partial charge in [-0.05, 0) is 6.92 Å². The van der Waals surface area contributed by atoms with E-state index in [9.17, 15) is 18.0 Å². The minimum absolute atomic E-state index is 0.227. The first kappa shape index (κ1) is 9.35. The van der Waals surface area contributed by atoms with Gasteiger partial charge < -0.3 is 4.90 Å². The number of hydrogen-bond acceptors (Lipinski definition) is 1. The highest BCUT2D eigenvalue weighted by molar-refractivity contribution is 5.84. The Kier molecular flexibility index (Phi) is 1.85. The van der Waals surface area contributed by atoms with E-state index >= 15 is 0 Å². The number of likely N-dealkylation sites (tertiary alicyclic amines) is 1. The number of carbonyl (C=O) groups is 1. The molecule has 2 nitrogen and oxygen atoms in total. The number of amides is 1. The van der Waals surface area contributed by atoms with E-state index in [0.29, 0.717) is 6.92 Å². The monoisotopic (exact) mass is 181 g/mol. The maximum Gasteiger partial charge on any atom is 0.322 e. The van der Waals surface area contributed by atoms with E-state index in [4.69, 9.17) is 0 Å². The van der Waals surface area contributed by atoms with E-state index in [1.807, 2.05) is 0 Å². The fourth-order valence-electron chi connectivity index (χ4n) is 1.17. The van der Waals surface area contributed by atoms with Gasteiger partial charge in [0.25, 0.3) is 5.91 Å². The summed E-state index contributed by atoms with van der Waals surface area (Å²) < 4.78 is 37.4. The van der Waals surface area contributed by atoms with Gasteiger partial charge in [0.2, 0.25) is 0 Å². The molecular weight excluding hydrogens is 171 g/mol. The van der Waals surface area contributed by atoms with Gasteiger partial charge in [-0.1, -0.05) is 0 Å². The third-order valence-electron chi connectivity index (χ3n) is 1.70. The maximum absolute atomic E-state index is 12.8. The Balaban J connectivity index is 2.50. The molecule has 0 atom stereocenters. The van der Waals surface area contributed by atoms with E-state index in [2.05, 4.69) is 0 Å². The molecule has 0 saturated carbocycles. The molecular formula is C7H10F3NO. The third-order valence-corrected chi connectivity index (χ3v) is 1.70. The van der Waals surface area contributed by atoms with Gasteiger partial charge in [-0.25, -0.2) is 4.39 Å². The van der Waals surface area contributed by atoms with Crippen LogP contribution in [0, 0.1) is 0 Å². The molecule has 12 heavy (non-hydrogen) atoms. The van der Waals surface area contributed by atoms with Crippen LogP contribution in [0.4, 0.5) is 13.2 Å². The highest BCUT2D eigenvalue weighted by Gasteiger charge is 2.47. The average molecular weight is 181 g/mol. The molecule has 5 heteroatoms. The van der Waals surface area contributed by atoms with E-state index in [-0.39, 0.29) is 13.1 Å². The van der Waals surface area contributed by atoms with Gasteiger partial charge in [-0.2, -0.15) is 8.78 Å². The summed E-state index contributed by atoms with van der Waals surface area (Å²) in [7, 11) is 0. The van der Waals surface area contributed by atoms with Gasteiger partial charge >= 0.3 is 5.92 Å². The first-order chi connectivity index (χ1) is 5.22. The summed E-state index contributed by atoms with van der Waals surface area (Å²) in [4.78, 5) is 11.6.